The molecule has 5 nitrogen and oxygen atoms in total. The van der Waals surface area contributed by atoms with Gasteiger partial charge in [-0.15, -0.1) is 0 Å². The summed E-state index contributed by atoms with van der Waals surface area (Å²) in [6.45, 7) is 11.9. The Labute approximate surface area is 160 Å². The van der Waals surface area contributed by atoms with Crippen LogP contribution in [-0.2, 0) is 4.74 Å². The van der Waals surface area contributed by atoms with Crippen LogP contribution in [0.1, 0.15) is 35.6 Å². The Hall–Kier alpha value is -2.18. The monoisotopic (exact) mass is 373 g/mol. The summed E-state index contributed by atoms with van der Waals surface area (Å²) in [4.78, 5) is 15.2. The van der Waals surface area contributed by atoms with E-state index in [1.54, 1.807) is 12.1 Å². The van der Waals surface area contributed by atoms with Crippen LogP contribution in [0.4, 0.5) is 4.39 Å². The van der Waals surface area contributed by atoms with Crippen LogP contribution in [0.5, 0.6) is 0 Å². The number of aromatic nitrogens is 1. The van der Waals surface area contributed by atoms with Crippen molar-refractivity contribution in [3.63, 3.8) is 0 Å². The minimum Gasteiger partial charge on any atom is -0.379 e. The number of morpholine rings is 1. The van der Waals surface area contributed by atoms with E-state index in [0.717, 1.165) is 43.4 Å². The van der Waals surface area contributed by atoms with Gasteiger partial charge in [0.1, 0.15) is 5.82 Å². The minimum atomic E-state index is -0.274. The molecule has 0 atom stereocenters. The molecule has 1 saturated heterocycles. The van der Waals surface area contributed by atoms with E-state index in [0.29, 0.717) is 12.1 Å². The number of ether oxygens (including phenoxy) is 1. The third kappa shape index (κ3) is 4.22. The SMILES string of the molecule is Cc1cc(C(=O)NCC(C)(C)N2CCOCC2)c(C)n1-c1ccc(F)cc1. The molecule has 1 N–H and O–H groups in total. The van der Waals surface area contributed by atoms with Gasteiger partial charge in [0, 0.05) is 42.2 Å². The van der Waals surface area contributed by atoms with E-state index < -0.39 is 0 Å². The number of nitrogens with zero attached hydrogens (tertiary/aromatic N) is 2. The number of rotatable bonds is 5. The van der Waals surface area contributed by atoms with Crippen LogP contribution in [-0.4, -0.2) is 53.8 Å². The molecule has 2 heterocycles. The highest BCUT2D eigenvalue weighted by atomic mass is 19.1. The number of aryl methyl sites for hydroxylation is 1. The molecular weight excluding hydrogens is 345 g/mol. The van der Waals surface area contributed by atoms with E-state index in [4.69, 9.17) is 4.74 Å². The first-order valence-corrected chi connectivity index (χ1v) is 9.35. The zero-order valence-electron chi connectivity index (χ0n) is 16.5. The average molecular weight is 373 g/mol. The number of amides is 1. The van der Waals surface area contributed by atoms with Gasteiger partial charge in [0.15, 0.2) is 0 Å². The van der Waals surface area contributed by atoms with Gasteiger partial charge in [-0.3, -0.25) is 9.69 Å². The minimum absolute atomic E-state index is 0.0854. The summed E-state index contributed by atoms with van der Waals surface area (Å²) < 4.78 is 20.6. The molecule has 1 fully saturated rings. The van der Waals surface area contributed by atoms with E-state index in [1.165, 1.54) is 12.1 Å². The van der Waals surface area contributed by atoms with Crippen molar-refractivity contribution >= 4 is 5.91 Å². The first-order chi connectivity index (χ1) is 12.8. The van der Waals surface area contributed by atoms with Crippen LogP contribution in [0.15, 0.2) is 30.3 Å². The fourth-order valence-electron chi connectivity index (χ4n) is 3.65. The van der Waals surface area contributed by atoms with Crippen LogP contribution in [0.2, 0.25) is 0 Å². The largest absolute Gasteiger partial charge is 0.379 e. The van der Waals surface area contributed by atoms with Gasteiger partial charge in [0.05, 0.1) is 18.8 Å². The third-order valence-electron chi connectivity index (χ3n) is 5.31. The lowest BCUT2D eigenvalue weighted by Gasteiger charge is -2.40. The van der Waals surface area contributed by atoms with Crippen LogP contribution in [0, 0.1) is 19.7 Å². The molecule has 1 amide bonds. The third-order valence-corrected chi connectivity index (χ3v) is 5.31. The van der Waals surface area contributed by atoms with Gasteiger partial charge in [-0.05, 0) is 58.0 Å². The fourth-order valence-corrected chi connectivity index (χ4v) is 3.65. The molecule has 6 heteroatoms. The van der Waals surface area contributed by atoms with Crippen molar-refractivity contribution < 1.29 is 13.9 Å². The van der Waals surface area contributed by atoms with Crippen LogP contribution in [0.25, 0.3) is 5.69 Å². The molecule has 0 saturated carbocycles. The second-order valence-corrected chi connectivity index (χ2v) is 7.69. The molecule has 1 aromatic heterocycles. The lowest BCUT2D eigenvalue weighted by Crippen LogP contribution is -2.55. The molecule has 0 unspecified atom stereocenters. The maximum absolute atomic E-state index is 13.2. The molecule has 2 aromatic rings. The van der Waals surface area contributed by atoms with Gasteiger partial charge in [-0.25, -0.2) is 4.39 Å². The van der Waals surface area contributed by atoms with Crippen molar-refractivity contribution in [2.45, 2.75) is 33.2 Å². The quantitative estimate of drug-likeness (QED) is 0.876. The van der Waals surface area contributed by atoms with E-state index >= 15 is 0 Å². The van der Waals surface area contributed by atoms with Crippen LogP contribution >= 0.6 is 0 Å². The van der Waals surface area contributed by atoms with Crippen molar-refractivity contribution in [1.29, 1.82) is 0 Å². The Morgan fingerprint density at radius 3 is 2.44 bits per heavy atom. The van der Waals surface area contributed by atoms with Gasteiger partial charge in [-0.1, -0.05) is 0 Å². The molecule has 27 heavy (non-hydrogen) atoms. The van der Waals surface area contributed by atoms with Gasteiger partial charge >= 0.3 is 0 Å². The summed E-state index contributed by atoms with van der Waals surface area (Å²) in [6, 6.07) is 8.19. The topological polar surface area (TPSA) is 46.5 Å². The molecule has 0 spiro atoms. The normalized spacial score (nSPS) is 15.7. The maximum atomic E-state index is 13.2. The van der Waals surface area contributed by atoms with Gasteiger partial charge in [-0.2, -0.15) is 0 Å². The second-order valence-electron chi connectivity index (χ2n) is 7.69. The molecule has 1 aliphatic heterocycles. The highest BCUT2D eigenvalue weighted by molar-refractivity contribution is 5.96. The lowest BCUT2D eigenvalue weighted by molar-refractivity contribution is -0.00923. The molecule has 146 valence electrons. The van der Waals surface area contributed by atoms with Gasteiger partial charge in [0.25, 0.3) is 5.91 Å². The lowest BCUT2D eigenvalue weighted by atomic mass is 10.0. The Morgan fingerprint density at radius 1 is 1.19 bits per heavy atom. The first-order valence-electron chi connectivity index (χ1n) is 9.35. The smallest absolute Gasteiger partial charge is 0.253 e. The summed E-state index contributed by atoms with van der Waals surface area (Å²) in [6.07, 6.45) is 0. The Bertz CT molecular complexity index is 806. The standard InChI is InChI=1S/C21H28FN3O2/c1-15-13-19(16(2)25(15)18-7-5-17(22)6-8-18)20(26)23-14-21(3,4)24-9-11-27-12-10-24/h5-8,13H,9-12,14H2,1-4H3,(H,23,26). The number of hydrogen-bond acceptors (Lipinski definition) is 3. The van der Waals surface area contributed by atoms with Gasteiger partial charge < -0.3 is 14.6 Å². The zero-order valence-corrected chi connectivity index (χ0v) is 16.5. The van der Waals surface area contributed by atoms with Gasteiger partial charge in [0.2, 0.25) is 0 Å². The molecule has 0 aliphatic carbocycles. The highest BCUT2D eigenvalue weighted by Gasteiger charge is 2.29. The Kier molecular flexibility index (Phi) is 5.67. The summed E-state index contributed by atoms with van der Waals surface area (Å²) in [5.41, 5.74) is 3.15. The molecule has 0 radical (unpaired) electrons. The predicted octanol–water partition coefficient (Wildman–Crippen LogP) is 3.07. The van der Waals surface area contributed by atoms with Crippen molar-refractivity contribution in [3.05, 3.63) is 53.1 Å². The summed E-state index contributed by atoms with van der Waals surface area (Å²) in [5.74, 6) is -0.359. The Morgan fingerprint density at radius 2 is 1.81 bits per heavy atom. The second kappa shape index (κ2) is 7.82. The zero-order chi connectivity index (χ0) is 19.6. The molecule has 0 bridgehead atoms. The summed E-state index contributed by atoms with van der Waals surface area (Å²) in [7, 11) is 0. The summed E-state index contributed by atoms with van der Waals surface area (Å²) >= 11 is 0. The number of nitrogens with one attached hydrogen (secondary N) is 1. The first kappa shape index (κ1) is 19.6. The number of carbonyl (C=O) groups is 1. The number of halogens is 1. The molecule has 1 aromatic carbocycles. The molecular formula is C21H28FN3O2. The molecule has 1 aliphatic rings. The van der Waals surface area contributed by atoms with Crippen molar-refractivity contribution in [1.82, 2.24) is 14.8 Å². The fraction of sp³-hybridized carbons (Fsp3) is 0.476. The molecule has 3 rings (SSSR count). The van der Waals surface area contributed by atoms with E-state index in [-0.39, 0.29) is 17.3 Å². The van der Waals surface area contributed by atoms with Crippen LogP contribution in [0.3, 0.4) is 0 Å². The summed E-state index contributed by atoms with van der Waals surface area (Å²) in [5, 5.41) is 3.08. The van der Waals surface area contributed by atoms with E-state index in [2.05, 4.69) is 24.1 Å². The average Bonchev–Trinajstić information content (AvgIpc) is 2.96. The predicted molar refractivity (Wildman–Crippen MR) is 104 cm³/mol. The number of hydrogen-bond donors (Lipinski definition) is 1. The van der Waals surface area contributed by atoms with Crippen molar-refractivity contribution in [2.24, 2.45) is 0 Å². The van der Waals surface area contributed by atoms with Crippen molar-refractivity contribution in [2.75, 3.05) is 32.8 Å². The van der Waals surface area contributed by atoms with E-state index in [9.17, 15) is 9.18 Å². The highest BCUT2D eigenvalue weighted by Crippen LogP contribution is 2.22. The Balaban J connectivity index is 1.73. The van der Waals surface area contributed by atoms with E-state index in [1.807, 2.05) is 24.5 Å². The van der Waals surface area contributed by atoms with Crippen molar-refractivity contribution in [3.8, 4) is 5.69 Å². The number of benzene rings is 1. The van der Waals surface area contributed by atoms with Crippen LogP contribution < -0.4 is 5.32 Å². The maximum Gasteiger partial charge on any atom is 0.253 e. The number of carbonyl (C=O) groups excluding carboxylic acids is 1.